The van der Waals surface area contributed by atoms with E-state index < -0.39 is 16.0 Å². The molecule has 0 fully saturated rings. The number of carbonyl (C=O) groups is 1. The highest BCUT2D eigenvalue weighted by Crippen LogP contribution is 2.31. The van der Waals surface area contributed by atoms with Gasteiger partial charge >= 0.3 is 5.97 Å². The van der Waals surface area contributed by atoms with Gasteiger partial charge in [-0.1, -0.05) is 30.1 Å². The van der Waals surface area contributed by atoms with E-state index in [0.29, 0.717) is 0 Å². The van der Waals surface area contributed by atoms with Crippen LogP contribution in [0.5, 0.6) is 0 Å². The van der Waals surface area contributed by atoms with Crippen molar-refractivity contribution in [1.82, 2.24) is 4.31 Å². The minimum absolute atomic E-state index is 0.0156. The number of aromatic carboxylic acids is 1. The van der Waals surface area contributed by atoms with Gasteiger partial charge in [0, 0.05) is 25.2 Å². The monoisotopic (exact) mass is 355 g/mol. The summed E-state index contributed by atoms with van der Waals surface area (Å²) in [6, 6.07) is 2.25. The maximum absolute atomic E-state index is 12.6. The summed E-state index contributed by atoms with van der Waals surface area (Å²) >= 11 is 11.7. The Morgan fingerprint density at radius 3 is 2.48 bits per heavy atom. The van der Waals surface area contributed by atoms with Gasteiger partial charge in [0.15, 0.2) is 0 Å². The Balaban J connectivity index is 3.40. The van der Waals surface area contributed by atoms with E-state index >= 15 is 0 Å². The molecular formula is C12H15Cl2NO5S. The summed E-state index contributed by atoms with van der Waals surface area (Å²) < 4.78 is 31.1. The number of likely N-dealkylation sites (N-methyl/N-ethyl adjacent to an activating group) is 1. The van der Waals surface area contributed by atoms with Crippen molar-refractivity contribution < 1.29 is 23.1 Å². The van der Waals surface area contributed by atoms with Gasteiger partial charge in [-0.2, -0.15) is 4.31 Å². The van der Waals surface area contributed by atoms with Crippen LogP contribution in [0.3, 0.4) is 0 Å². The van der Waals surface area contributed by atoms with E-state index in [1.807, 2.05) is 0 Å². The van der Waals surface area contributed by atoms with Crippen molar-refractivity contribution in [2.75, 3.05) is 26.8 Å². The van der Waals surface area contributed by atoms with E-state index in [-0.39, 0.29) is 40.2 Å². The molecule has 0 spiro atoms. The van der Waals surface area contributed by atoms with Crippen LogP contribution in [0.1, 0.15) is 17.3 Å². The van der Waals surface area contributed by atoms with Crippen molar-refractivity contribution in [2.24, 2.45) is 0 Å². The maximum atomic E-state index is 12.6. The van der Waals surface area contributed by atoms with Gasteiger partial charge in [-0.15, -0.1) is 0 Å². The molecule has 0 saturated heterocycles. The molecule has 21 heavy (non-hydrogen) atoms. The molecule has 0 atom stereocenters. The Labute approximate surface area is 133 Å². The third kappa shape index (κ3) is 4.08. The number of ether oxygens (including phenoxy) is 1. The highest BCUT2D eigenvalue weighted by molar-refractivity contribution is 7.89. The van der Waals surface area contributed by atoms with Gasteiger partial charge in [-0.25, -0.2) is 13.2 Å². The van der Waals surface area contributed by atoms with Gasteiger partial charge < -0.3 is 9.84 Å². The zero-order valence-electron chi connectivity index (χ0n) is 11.5. The molecule has 0 aliphatic heterocycles. The number of benzene rings is 1. The molecule has 6 nitrogen and oxygen atoms in total. The lowest BCUT2D eigenvalue weighted by molar-refractivity contribution is 0.0697. The highest BCUT2D eigenvalue weighted by Gasteiger charge is 2.28. The van der Waals surface area contributed by atoms with Gasteiger partial charge in [0.25, 0.3) is 0 Å². The summed E-state index contributed by atoms with van der Waals surface area (Å²) in [6.45, 7) is 2.18. The number of sulfonamides is 1. The third-order valence-electron chi connectivity index (χ3n) is 2.75. The van der Waals surface area contributed by atoms with Crippen molar-refractivity contribution in [1.29, 1.82) is 0 Å². The van der Waals surface area contributed by atoms with E-state index in [2.05, 4.69) is 0 Å². The van der Waals surface area contributed by atoms with E-state index in [9.17, 15) is 13.2 Å². The second-order valence-corrected chi connectivity index (χ2v) is 6.78. The Morgan fingerprint density at radius 2 is 2.00 bits per heavy atom. The van der Waals surface area contributed by atoms with Crippen molar-refractivity contribution in [2.45, 2.75) is 11.8 Å². The first-order valence-electron chi connectivity index (χ1n) is 5.97. The number of rotatable bonds is 7. The quantitative estimate of drug-likeness (QED) is 0.811. The fraction of sp³-hybridized carbons (Fsp3) is 0.417. The topological polar surface area (TPSA) is 83.9 Å². The summed E-state index contributed by atoms with van der Waals surface area (Å²) in [5.41, 5.74) is -0.356. The Bertz CT molecular complexity index is 633. The number of hydrogen-bond acceptors (Lipinski definition) is 4. The lowest BCUT2D eigenvalue weighted by Crippen LogP contribution is -2.34. The molecule has 0 unspecified atom stereocenters. The summed E-state index contributed by atoms with van der Waals surface area (Å²) in [6.07, 6.45) is 0. The molecule has 0 aromatic heterocycles. The lowest BCUT2D eigenvalue weighted by atomic mass is 10.2. The predicted octanol–water partition coefficient (Wildman–Crippen LogP) is 2.35. The van der Waals surface area contributed by atoms with Crippen LogP contribution in [0.4, 0.5) is 0 Å². The normalized spacial score (nSPS) is 11.9. The summed E-state index contributed by atoms with van der Waals surface area (Å²) in [4.78, 5) is 10.8. The molecule has 1 aromatic rings. The first kappa shape index (κ1) is 18.2. The van der Waals surface area contributed by atoms with Crippen LogP contribution in [-0.2, 0) is 14.8 Å². The first-order chi connectivity index (χ1) is 9.75. The van der Waals surface area contributed by atoms with Gasteiger partial charge in [0.1, 0.15) is 4.90 Å². The van der Waals surface area contributed by atoms with Gasteiger partial charge in [0.2, 0.25) is 10.0 Å². The number of carboxylic acid groups (broad SMARTS) is 1. The first-order valence-corrected chi connectivity index (χ1v) is 8.16. The van der Waals surface area contributed by atoms with Gasteiger partial charge in [0.05, 0.1) is 17.2 Å². The summed E-state index contributed by atoms with van der Waals surface area (Å²) in [7, 11) is -2.51. The number of halogens is 2. The second-order valence-electron chi connectivity index (χ2n) is 4.06. The van der Waals surface area contributed by atoms with Crippen LogP contribution in [-0.4, -0.2) is 50.6 Å². The SMILES string of the molecule is CCN(CCOC)S(=O)(=O)c1cc(Cl)cc(C(=O)O)c1Cl. The summed E-state index contributed by atoms with van der Waals surface area (Å²) in [5.74, 6) is -1.35. The number of carboxylic acids is 1. The molecule has 0 bridgehead atoms. The third-order valence-corrected chi connectivity index (χ3v) is 5.49. The fourth-order valence-electron chi connectivity index (χ4n) is 1.69. The standard InChI is InChI=1S/C12H15Cl2NO5S/c1-3-15(4-5-20-2)21(18,19)10-7-8(13)6-9(11(10)14)12(16)17/h6-7H,3-5H2,1-2H3,(H,16,17). The number of methoxy groups -OCH3 is 1. The average molecular weight is 356 g/mol. The molecule has 9 heteroatoms. The summed E-state index contributed by atoms with van der Waals surface area (Å²) in [5, 5.41) is 8.67. The van der Waals surface area contributed by atoms with Crippen LogP contribution >= 0.6 is 23.2 Å². The molecular weight excluding hydrogens is 341 g/mol. The molecule has 1 N–H and O–H groups in total. The molecule has 1 aromatic carbocycles. The van der Waals surface area contributed by atoms with E-state index in [4.69, 9.17) is 33.0 Å². The van der Waals surface area contributed by atoms with Crippen molar-refractivity contribution >= 4 is 39.2 Å². The van der Waals surface area contributed by atoms with Crippen molar-refractivity contribution in [3.8, 4) is 0 Å². The van der Waals surface area contributed by atoms with E-state index in [1.54, 1.807) is 6.92 Å². The Hall–Kier alpha value is -0.860. The zero-order valence-corrected chi connectivity index (χ0v) is 13.8. The van der Waals surface area contributed by atoms with Crippen LogP contribution in [0.25, 0.3) is 0 Å². The molecule has 0 radical (unpaired) electrons. The van der Waals surface area contributed by atoms with Crippen LogP contribution in [0.2, 0.25) is 10.0 Å². The fourth-order valence-corrected chi connectivity index (χ4v) is 4.00. The molecule has 0 amide bonds. The minimum atomic E-state index is -3.96. The number of hydrogen-bond donors (Lipinski definition) is 1. The molecule has 118 valence electrons. The molecule has 0 heterocycles. The van der Waals surface area contributed by atoms with Crippen LogP contribution in [0.15, 0.2) is 17.0 Å². The number of nitrogens with zero attached hydrogens (tertiary/aromatic N) is 1. The smallest absolute Gasteiger partial charge is 0.337 e. The van der Waals surface area contributed by atoms with Gasteiger partial charge in [-0.05, 0) is 12.1 Å². The lowest BCUT2D eigenvalue weighted by Gasteiger charge is -2.21. The van der Waals surface area contributed by atoms with Crippen LogP contribution in [0, 0.1) is 0 Å². The van der Waals surface area contributed by atoms with Gasteiger partial charge in [-0.3, -0.25) is 0 Å². The van der Waals surface area contributed by atoms with Crippen LogP contribution < -0.4 is 0 Å². The van der Waals surface area contributed by atoms with Crippen molar-refractivity contribution in [3.63, 3.8) is 0 Å². The van der Waals surface area contributed by atoms with Crippen molar-refractivity contribution in [3.05, 3.63) is 27.7 Å². The van der Waals surface area contributed by atoms with E-state index in [0.717, 1.165) is 16.4 Å². The average Bonchev–Trinajstić information content (AvgIpc) is 2.41. The molecule has 0 aliphatic carbocycles. The molecule has 0 saturated carbocycles. The Kier molecular flexibility index (Phi) is 6.42. The second kappa shape index (κ2) is 7.42. The largest absolute Gasteiger partial charge is 0.478 e. The molecule has 0 aliphatic rings. The Morgan fingerprint density at radius 1 is 1.38 bits per heavy atom. The minimum Gasteiger partial charge on any atom is -0.478 e. The zero-order chi connectivity index (χ0) is 16.2. The maximum Gasteiger partial charge on any atom is 0.337 e. The van der Waals surface area contributed by atoms with E-state index in [1.165, 1.54) is 7.11 Å². The highest BCUT2D eigenvalue weighted by atomic mass is 35.5. The molecule has 1 rings (SSSR count). The predicted molar refractivity (Wildman–Crippen MR) is 79.7 cm³/mol.